The molecule has 1 aromatic heterocycles. The van der Waals surface area contributed by atoms with E-state index in [0.29, 0.717) is 10.8 Å². The molecular formula is C13H12N4O5S. The Morgan fingerprint density at radius 2 is 2.22 bits per heavy atom. The van der Waals surface area contributed by atoms with Crippen LogP contribution in [0, 0.1) is 10.1 Å². The van der Waals surface area contributed by atoms with Gasteiger partial charge in [-0.1, -0.05) is 0 Å². The molecule has 3 N–H and O–H groups in total. The minimum absolute atomic E-state index is 0.0169. The molecule has 23 heavy (non-hydrogen) atoms. The molecule has 1 amide bonds. The van der Waals surface area contributed by atoms with Gasteiger partial charge in [-0.25, -0.2) is 9.78 Å². The lowest BCUT2D eigenvalue weighted by molar-refractivity contribution is -0.383. The number of benzene rings is 1. The van der Waals surface area contributed by atoms with E-state index in [4.69, 9.17) is 10.5 Å². The zero-order valence-corrected chi connectivity index (χ0v) is 12.8. The lowest BCUT2D eigenvalue weighted by Crippen LogP contribution is -2.08. The zero-order chi connectivity index (χ0) is 17.0. The molecular weight excluding hydrogens is 324 g/mol. The Morgan fingerprint density at radius 3 is 2.87 bits per heavy atom. The van der Waals surface area contributed by atoms with Crippen molar-refractivity contribution >= 4 is 39.7 Å². The third-order valence-corrected chi connectivity index (χ3v) is 3.46. The number of hydrogen-bond acceptors (Lipinski definition) is 8. The van der Waals surface area contributed by atoms with Crippen molar-refractivity contribution in [1.29, 1.82) is 0 Å². The van der Waals surface area contributed by atoms with Gasteiger partial charge in [0.1, 0.15) is 12.3 Å². The molecule has 120 valence electrons. The Bertz CT molecular complexity index is 773. The summed E-state index contributed by atoms with van der Waals surface area (Å²) in [5, 5.41) is 15.3. The van der Waals surface area contributed by atoms with E-state index in [0.717, 1.165) is 6.07 Å². The number of carbonyl (C=O) groups excluding carboxylic acids is 2. The fourth-order valence-corrected chi connectivity index (χ4v) is 2.37. The predicted octanol–water partition coefficient (Wildman–Crippen LogP) is 1.95. The molecule has 0 aliphatic carbocycles. The molecule has 0 spiro atoms. The van der Waals surface area contributed by atoms with Gasteiger partial charge in [-0.3, -0.25) is 14.9 Å². The standard InChI is InChI=1S/C13H12N4O5S/c1-7(18)15-13-16-9(6-23-13)5-22-12(19)8-2-3-10(14)11(4-8)17(20)21/h2-4,6H,5,14H2,1H3,(H,15,16,18). The Hall–Kier alpha value is -3.01. The van der Waals surface area contributed by atoms with Crippen LogP contribution < -0.4 is 11.1 Å². The maximum atomic E-state index is 11.9. The SMILES string of the molecule is CC(=O)Nc1nc(COC(=O)c2ccc(N)c([N+](=O)[O-])c2)cs1. The maximum Gasteiger partial charge on any atom is 0.338 e. The summed E-state index contributed by atoms with van der Waals surface area (Å²) in [7, 11) is 0. The van der Waals surface area contributed by atoms with Crippen LogP contribution in [0.15, 0.2) is 23.6 Å². The number of anilines is 2. The van der Waals surface area contributed by atoms with Gasteiger partial charge in [0.05, 0.1) is 16.2 Å². The van der Waals surface area contributed by atoms with E-state index in [2.05, 4.69) is 10.3 Å². The lowest BCUT2D eigenvalue weighted by atomic mass is 10.2. The molecule has 0 atom stereocenters. The van der Waals surface area contributed by atoms with E-state index >= 15 is 0 Å². The average molecular weight is 336 g/mol. The normalized spacial score (nSPS) is 10.1. The summed E-state index contributed by atoms with van der Waals surface area (Å²) in [6, 6.07) is 3.67. The maximum absolute atomic E-state index is 11.9. The second kappa shape index (κ2) is 6.83. The summed E-state index contributed by atoms with van der Waals surface area (Å²) in [5.41, 5.74) is 5.54. The molecule has 0 fully saturated rings. The van der Waals surface area contributed by atoms with Crippen LogP contribution in [0.3, 0.4) is 0 Å². The molecule has 0 aliphatic heterocycles. The number of nitro groups is 1. The van der Waals surface area contributed by atoms with Crippen LogP contribution in [-0.4, -0.2) is 21.8 Å². The highest BCUT2D eigenvalue weighted by molar-refractivity contribution is 7.13. The third-order valence-electron chi connectivity index (χ3n) is 2.65. The first kappa shape index (κ1) is 16.4. The smallest absolute Gasteiger partial charge is 0.338 e. The van der Waals surface area contributed by atoms with Gasteiger partial charge in [0.15, 0.2) is 5.13 Å². The number of nitrogens with two attached hydrogens (primary N) is 1. The molecule has 0 saturated carbocycles. The fourth-order valence-electron chi connectivity index (χ4n) is 1.63. The van der Waals surface area contributed by atoms with Crippen LogP contribution in [0.25, 0.3) is 0 Å². The lowest BCUT2D eigenvalue weighted by Gasteiger charge is -2.04. The van der Waals surface area contributed by atoms with E-state index in [1.165, 1.54) is 30.4 Å². The largest absolute Gasteiger partial charge is 0.456 e. The molecule has 0 unspecified atom stereocenters. The first-order chi connectivity index (χ1) is 10.9. The summed E-state index contributed by atoms with van der Waals surface area (Å²) in [6.45, 7) is 1.24. The highest BCUT2D eigenvalue weighted by atomic mass is 32.1. The average Bonchev–Trinajstić information content (AvgIpc) is 2.91. The van der Waals surface area contributed by atoms with Gasteiger partial charge >= 0.3 is 5.97 Å². The van der Waals surface area contributed by atoms with Gasteiger partial charge in [-0.15, -0.1) is 11.3 Å². The van der Waals surface area contributed by atoms with Crippen molar-refractivity contribution < 1.29 is 19.2 Å². The number of rotatable bonds is 5. The van der Waals surface area contributed by atoms with Crippen LogP contribution in [0.4, 0.5) is 16.5 Å². The van der Waals surface area contributed by atoms with Gasteiger partial charge in [0.2, 0.25) is 5.91 Å². The predicted molar refractivity (Wildman–Crippen MR) is 83.0 cm³/mol. The third kappa shape index (κ3) is 4.23. The van der Waals surface area contributed by atoms with Gasteiger partial charge in [0.25, 0.3) is 5.69 Å². The van der Waals surface area contributed by atoms with Crippen molar-refractivity contribution in [3.8, 4) is 0 Å². The summed E-state index contributed by atoms with van der Waals surface area (Å²) >= 11 is 1.19. The van der Waals surface area contributed by atoms with E-state index < -0.39 is 10.9 Å². The summed E-state index contributed by atoms with van der Waals surface area (Å²) in [4.78, 5) is 37.0. The molecule has 0 aliphatic rings. The van der Waals surface area contributed by atoms with Crippen molar-refractivity contribution in [3.63, 3.8) is 0 Å². The Labute approximate surface area is 134 Å². The highest BCUT2D eigenvalue weighted by Gasteiger charge is 2.17. The number of thiazole rings is 1. The molecule has 1 aromatic carbocycles. The van der Waals surface area contributed by atoms with Gasteiger partial charge in [0, 0.05) is 18.4 Å². The number of esters is 1. The number of nitrogen functional groups attached to an aromatic ring is 1. The summed E-state index contributed by atoms with van der Waals surface area (Å²) in [6.07, 6.45) is 0. The van der Waals surface area contributed by atoms with Crippen LogP contribution in [-0.2, 0) is 16.1 Å². The van der Waals surface area contributed by atoms with Crippen molar-refractivity contribution in [2.45, 2.75) is 13.5 Å². The molecule has 0 bridgehead atoms. The minimum atomic E-state index is -0.734. The Balaban J connectivity index is 2.02. The molecule has 10 heteroatoms. The van der Waals surface area contributed by atoms with Crippen molar-refractivity contribution in [2.24, 2.45) is 0 Å². The van der Waals surface area contributed by atoms with Gasteiger partial charge in [-0.05, 0) is 12.1 Å². The van der Waals surface area contributed by atoms with E-state index in [1.807, 2.05) is 0 Å². The molecule has 2 aromatic rings. The number of hydrogen-bond donors (Lipinski definition) is 2. The quantitative estimate of drug-likeness (QED) is 0.368. The summed E-state index contributed by atoms with van der Waals surface area (Å²) in [5.74, 6) is -0.987. The zero-order valence-electron chi connectivity index (χ0n) is 11.9. The van der Waals surface area contributed by atoms with Crippen LogP contribution in [0.5, 0.6) is 0 Å². The van der Waals surface area contributed by atoms with Crippen molar-refractivity contribution in [2.75, 3.05) is 11.1 Å². The molecule has 2 rings (SSSR count). The number of amides is 1. The first-order valence-corrected chi connectivity index (χ1v) is 7.18. The molecule has 9 nitrogen and oxygen atoms in total. The highest BCUT2D eigenvalue weighted by Crippen LogP contribution is 2.23. The number of nitrogens with one attached hydrogen (secondary N) is 1. The number of nitro benzene ring substituents is 1. The number of aromatic nitrogens is 1. The Morgan fingerprint density at radius 1 is 1.48 bits per heavy atom. The molecule has 0 saturated heterocycles. The second-order valence-corrected chi connectivity index (χ2v) is 5.29. The molecule has 0 radical (unpaired) electrons. The Kier molecular flexibility index (Phi) is 4.86. The van der Waals surface area contributed by atoms with Crippen molar-refractivity contribution in [1.82, 2.24) is 4.98 Å². The van der Waals surface area contributed by atoms with Crippen molar-refractivity contribution in [3.05, 3.63) is 45.0 Å². The van der Waals surface area contributed by atoms with E-state index in [-0.39, 0.29) is 29.5 Å². The first-order valence-electron chi connectivity index (χ1n) is 6.30. The summed E-state index contributed by atoms with van der Waals surface area (Å²) < 4.78 is 5.04. The van der Waals surface area contributed by atoms with Crippen LogP contribution >= 0.6 is 11.3 Å². The number of carbonyl (C=O) groups is 2. The van der Waals surface area contributed by atoms with Gasteiger partial charge < -0.3 is 15.8 Å². The molecule has 1 heterocycles. The fraction of sp³-hybridized carbons (Fsp3) is 0.154. The second-order valence-electron chi connectivity index (χ2n) is 4.43. The number of nitrogens with zero attached hydrogens (tertiary/aromatic N) is 2. The van der Waals surface area contributed by atoms with Crippen LogP contribution in [0.1, 0.15) is 23.0 Å². The number of ether oxygens (including phenoxy) is 1. The van der Waals surface area contributed by atoms with E-state index in [1.54, 1.807) is 5.38 Å². The van der Waals surface area contributed by atoms with Crippen LogP contribution in [0.2, 0.25) is 0 Å². The van der Waals surface area contributed by atoms with E-state index in [9.17, 15) is 19.7 Å². The topological polar surface area (TPSA) is 137 Å². The van der Waals surface area contributed by atoms with Gasteiger partial charge in [-0.2, -0.15) is 0 Å². The monoisotopic (exact) mass is 336 g/mol. The minimum Gasteiger partial charge on any atom is -0.456 e.